The van der Waals surface area contributed by atoms with E-state index in [1.165, 1.54) is 6.20 Å². The molecule has 1 atom stereocenters. The Bertz CT molecular complexity index is 1420. The second-order valence-corrected chi connectivity index (χ2v) is 8.95. The van der Waals surface area contributed by atoms with Crippen molar-refractivity contribution >= 4 is 23.0 Å². The summed E-state index contributed by atoms with van der Waals surface area (Å²) in [5, 5.41) is 13.0. The fourth-order valence-electron chi connectivity index (χ4n) is 4.46. The maximum atomic E-state index is 14.6. The van der Waals surface area contributed by atoms with Crippen LogP contribution in [0.15, 0.2) is 84.0 Å². The third kappa shape index (κ3) is 4.19. The molecule has 5 rings (SSSR count). The Morgan fingerprint density at radius 3 is 2.59 bits per heavy atom. The molecular weight excluding hydrogens is 454 g/mol. The van der Waals surface area contributed by atoms with Gasteiger partial charge in [-0.05, 0) is 54.3 Å². The second-order valence-electron chi connectivity index (χ2n) is 8.54. The Morgan fingerprint density at radius 2 is 1.82 bits per heavy atom. The Balaban J connectivity index is 1.57. The number of rotatable bonds is 5. The molecule has 0 bridgehead atoms. The first-order chi connectivity index (χ1) is 16.4. The molecule has 170 valence electrons. The first-order valence-electron chi connectivity index (χ1n) is 11.0. The summed E-state index contributed by atoms with van der Waals surface area (Å²) in [6, 6.07) is 21.5. The summed E-state index contributed by atoms with van der Waals surface area (Å²) in [7, 11) is 0. The lowest BCUT2D eigenvalue weighted by molar-refractivity contribution is -0.614. The largest absolute Gasteiger partial charge is 0.618 e. The SMILES string of the molecule is Cc1ccc2c(c1)N=C(C(Cc1ccccc1)c1ccc(-c3c(F)ccc(Cl)c3F)c[n+]1[O-])C2. The molecule has 34 heavy (non-hydrogen) atoms. The summed E-state index contributed by atoms with van der Waals surface area (Å²) in [4.78, 5) is 4.87. The number of pyridine rings is 1. The van der Waals surface area contributed by atoms with Crippen LogP contribution in [0.5, 0.6) is 0 Å². The van der Waals surface area contributed by atoms with E-state index in [-0.39, 0.29) is 22.1 Å². The van der Waals surface area contributed by atoms with Crippen molar-refractivity contribution in [2.24, 2.45) is 4.99 Å². The molecule has 1 aromatic heterocycles. The molecular formula is C28H21ClF2N2O. The number of hydrogen-bond donors (Lipinski definition) is 0. The van der Waals surface area contributed by atoms with E-state index in [4.69, 9.17) is 16.6 Å². The lowest BCUT2D eigenvalue weighted by atomic mass is 9.88. The fourth-order valence-corrected chi connectivity index (χ4v) is 4.62. The minimum atomic E-state index is -0.888. The van der Waals surface area contributed by atoms with Gasteiger partial charge in [0.1, 0.15) is 5.82 Å². The third-order valence-corrected chi connectivity index (χ3v) is 6.49. The highest BCUT2D eigenvalue weighted by atomic mass is 35.5. The molecule has 4 aromatic rings. The van der Waals surface area contributed by atoms with Crippen molar-refractivity contribution in [1.29, 1.82) is 0 Å². The molecule has 1 aliphatic rings. The molecule has 0 fully saturated rings. The Hall–Kier alpha value is -3.57. The van der Waals surface area contributed by atoms with E-state index in [9.17, 15) is 14.0 Å². The van der Waals surface area contributed by atoms with Crippen LogP contribution in [0.3, 0.4) is 0 Å². The zero-order chi connectivity index (χ0) is 23.8. The molecule has 1 aliphatic heterocycles. The van der Waals surface area contributed by atoms with Gasteiger partial charge in [0, 0.05) is 18.2 Å². The molecule has 2 heterocycles. The monoisotopic (exact) mass is 474 g/mol. The highest BCUT2D eigenvalue weighted by Crippen LogP contribution is 2.35. The van der Waals surface area contributed by atoms with E-state index < -0.39 is 11.6 Å². The maximum Gasteiger partial charge on any atom is 0.201 e. The van der Waals surface area contributed by atoms with Crippen molar-refractivity contribution in [3.8, 4) is 11.1 Å². The van der Waals surface area contributed by atoms with Crippen LogP contribution < -0.4 is 4.73 Å². The number of aromatic nitrogens is 1. The van der Waals surface area contributed by atoms with E-state index in [2.05, 4.69) is 12.1 Å². The van der Waals surface area contributed by atoms with Crippen LogP contribution in [0.4, 0.5) is 14.5 Å². The molecule has 3 aromatic carbocycles. The van der Waals surface area contributed by atoms with Crippen LogP contribution >= 0.6 is 11.6 Å². The Kier molecular flexibility index (Phi) is 5.88. The first-order valence-corrected chi connectivity index (χ1v) is 11.4. The predicted octanol–water partition coefficient (Wildman–Crippen LogP) is 6.88. The van der Waals surface area contributed by atoms with E-state index in [0.717, 1.165) is 40.2 Å². The summed E-state index contributed by atoms with van der Waals surface area (Å²) in [5.41, 5.74) is 5.41. The molecule has 0 aliphatic carbocycles. The van der Waals surface area contributed by atoms with Gasteiger partial charge in [-0.15, -0.1) is 0 Å². The summed E-state index contributed by atoms with van der Waals surface area (Å²) in [6.07, 6.45) is 2.43. The zero-order valence-electron chi connectivity index (χ0n) is 18.4. The van der Waals surface area contributed by atoms with Crippen molar-refractivity contribution in [2.45, 2.75) is 25.7 Å². The van der Waals surface area contributed by atoms with Gasteiger partial charge in [0.25, 0.3) is 0 Å². The number of aryl methyl sites for hydroxylation is 1. The molecule has 1 unspecified atom stereocenters. The molecule has 6 heteroatoms. The normalized spacial score (nSPS) is 13.5. The number of benzene rings is 3. The number of fused-ring (bicyclic) bond motifs is 1. The molecule has 0 radical (unpaired) electrons. The highest BCUT2D eigenvalue weighted by molar-refractivity contribution is 6.31. The van der Waals surface area contributed by atoms with Crippen molar-refractivity contribution in [3.63, 3.8) is 0 Å². The van der Waals surface area contributed by atoms with Crippen LogP contribution in [-0.2, 0) is 12.8 Å². The van der Waals surface area contributed by atoms with E-state index in [1.54, 1.807) is 12.1 Å². The topological polar surface area (TPSA) is 39.3 Å². The summed E-state index contributed by atoms with van der Waals surface area (Å²) in [5.74, 6) is -1.96. The van der Waals surface area contributed by atoms with Crippen LogP contribution in [-0.4, -0.2) is 5.71 Å². The fraction of sp³-hybridized carbons (Fsp3) is 0.143. The molecule has 0 N–H and O–H groups in total. The standard InChI is InChI=1S/C28H21ClF2N2O/c1-17-7-8-19-15-25(32-24(19)13-17)21(14-18-5-3-2-4-6-18)26-12-9-20(16-33(26)34)27-23(30)11-10-22(29)28(27)31/h2-13,16,21H,14-15H2,1H3. The summed E-state index contributed by atoms with van der Waals surface area (Å²) in [6.45, 7) is 2.02. The van der Waals surface area contributed by atoms with Gasteiger partial charge >= 0.3 is 0 Å². The van der Waals surface area contributed by atoms with Crippen LogP contribution in [0.25, 0.3) is 11.1 Å². The van der Waals surface area contributed by atoms with Gasteiger partial charge in [-0.25, -0.2) is 8.78 Å². The lowest BCUT2D eigenvalue weighted by Crippen LogP contribution is -2.36. The summed E-state index contributed by atoms with van der Waals surface area (Å²) < 4.78 is 29.6. The number of aliphatic imine (C=N–C) groups is 1. The minimum absolute atomic E-state index is 0.127. The molecule has 0 amide bonds. The average Bonchev–Trinajstić information content (AvgIpc) is 3.24. The highest BCUT2D eigenvalue weighted by Gasteiger charge is 2.30. The predicted molar refractivity (Wildman–Crippen MR) is 131 cm³/mol. The van der Waals surface area contributed by atoms with Gasteiger partial charge in [0.15, 0.2) is 12.0 Å². The minimum Gasteiger partial charge on any atom is -0.618 e. The van der Waals surface area contributed by atoms with Crippen molar-refractivity contribution in [1.82, 2.24) is 0 Å². The van der Waals surface area contributed by atoms with Gasteiger partial charge in [0.2, 0.25) is 5.69 Å². The number of nitrogens with zero attached hydrogens (tertiary/aromatic N) is 2. The van der Waals surface area contributed by atoms with Crippen molar-refractivity contribution in [2.75, 3.05) is 0 Å². The average molecular weight is 475 g/mol. The van der Waals surface area contributed by atoms with E-state index in [0.29, 0.717) is 23.3 Å². The quantitative estimate of drug-likeness (QED) is 0.176. The van der Waals surface area contributed by atoms with Crippen molar-refractivity contribution < 1.29 is 13.5 Å². The summed E-state index contributed by atoms with van der Waals surface area (Å²) >= 11 is 5.85. The molecule has 0 saturated carbocycles. The van der Waals surface area contributed by atoms with Crippen molar-refractivity contribution in [3.05, 3.63) is 123 Å². The van der Waals surface area contributed by atoms with E-state index in [1.807, 2.05) is 43.3 Å². The van der Waals surface area contributed by atoms with Crippen LogP contribution in [0, 0.1) is 23.8 Å². The van der Waals surface area contributed by atoms with Crippen LogP contribution in [0.1, 0.15) is 28.3 Å². The first kappa shape index (κ1) is 22.2. The zero-order valence-corrected chi connectivity index (χ0v) is 19.2. The smallest absolute Gasteiger partial charge is 0.201 e. The van der Waals surface area contributed by atoms with Gasteiger partial charge in [0.05, 0.1) is 27.8 Å². The van der Waals surface area contributed by atoms with Crippen LogP contribution in [0.2, 0.25) is 5.02 Å². The lowest BCUT2D eigenvalue weighted by Gasteiger charge is -2.18. The third-order valence-electron chi connectivity index (χ3n) is 6.20. The number of halogens is 3. The molecule has 0 spiro atoms. The Morgan fingerprint density at radius 1 is 1.03 bits per heavy atom. The molecule has 0 saturated heterocycles. The maximum absolute atomic E-state index is 14.6. The van der Waals surface area contributed by atoms with Gasteiger partial charge < -0.3 is 5.21 Å². The second kappa shape index (κ2) is 8.99. The Labute approximate surface area is 201 Å². The van der Waals surface area contributed by atoms with Gasteiger partial charge in [-0.2, -0.15) is 4.73 Å². The van der Waals surface area contributed by atoms with E-state index >= 15 is 0 Å². The van der Waals surface area contributed by atoms with Gasteiger partial charge in [-0.3, -0.25) is 4.99 Å². The number of hydrogen-bond acceptors (Lipinski definition) is 2. The molecule has 3 nitrogen and oxygen atoms in total. The van der Waals surface area contributed by atoms with Gasteiger partial charge in [-0.1, -0.05) is 54.1 Å².